The van der Waals surface area contributed by atoms with Gasteiger partial charge in [0.1, 0.15) is 11.5 Å². The molecular formula is C12H15NOS. The lowest BCUT2D eigenvalue weighted by Gasteiger charge is -2.03. The predicted octanol–water partition coefficient (Wildman–Crippen LogP) is 3.88. The number of anilines is 1. The summed E-state index contributed by atoms with van der Waals surface area (Å²) in [4.78, 5) is 0. The molecule has 0 saturated carbocycles. The van der Waals surface area contributed by atoms with Gasteiger partial charge in [-0.15, -0.1) is 11.3 Å². The van der Waals surface area contributed by atoms with E-state index in [1.807, 2.05) is 13.8 Å². The minimum absolute atomic E-state index is 0.834. The van der Waals surface area contributed by atoms with Gasteiger partial charge < -0.3 is 9.73 Å². The van der Waals surface area contributed by atoms with Gasteiger partial charge in [0, 0.05) is 23.2 Å². The molecule has 2 aromatic heterocycles. The topological polar surface area (TPSA) is 25.2 Å². The molecule has 15 heavy (non-hydrogen) atoms. The molecule has 2 rings (SSSR count). The van der Waals surface area contributed by atoms with Crippen LogP contribution >= 0.6 is 11.3 Å². The van der Waals surface area contributed by atoms with Crippen molar-refractivity contribution in [1.82, 2.24) is 0 Å². The monoisotopic (exact) mass is 221 g/mol. The molecule has 2 heterocycles. The van der Waals surface area contributed by atoms with Gasteiger partial charge >= 0.3 is 0 Å². The third-order valence-corrected chi connectivity index (χ3v) is 3.33. The van der Waals surface area contributed by atoms with E-state index < -0.39 is 0 Å². The van der Waals surface area contributed by atoms with E-state index in [1.54, 1.807) is 11.3 Å². The summed E-state index contributed by atoms with van der Waals surface area (Å²) >= 11 is 1.72. The molecule has 3 heteroatoms. The third kappa shape index (κ3) is 2.23. The Labute approximate surface area is 93.9 Å². The van der Waals surface area contributed by atoms with Gasteiger partial charge in [-0.2, -0.15) is 0 Å². The SMILES string of the molecule is Cc1cc(CNc2cscc2C)c(C)o1. The maximum absolute atomic E-state index is 5.48. The fourth-order valence-electron chi connectivity index (χ4n) is 1.59. The van der Waals surface area contributed by atoms with Gasteiger partial charge in [-0.1, -0.05) is 0 Å². The zero-order valence-electron chi connectivity index (χ0n) is 9.26. The van der Waals surface area contributed by atoms with Crippen LogP contribution in [0.4, 0.5) is 5.69 Å². The maximum atomic E-state index is 5.48. The Morgan fingerprint density at radius 2 is 2.07 bits per heavy atom. The molecule has 0 bridgehead atoms. The van der Waals surface area contributed by atoms with Crippen molar-refractivity contribution in [1.29, 1.82) is 0 Å². The second kappa shape index (κ2) is 4.11. The minimum atomic E-state index is 0.834. The lowest BCUT2D eigenvalue weighted by molar-refractivity contribution is 0.501. The van der Waals surface area contributed by atoms with Crippen LogP contribution in [0.1, 0.15) is 22.6 Å². The molecule has 2 nitrogen and oxygen atoms in total. The summed E-state index contributed by atoms with van der Waals surface area (Å²) in [6.45, 7) is 6.93. The van der Waals surface area contributed by atoms with Crippen LogP contribution in [0.3, 0.4) is 0 Å². The number of rotatable bonds is 3. The molecule has 0 aliphatic rings. The van der Waals surface area contributed by atoms with Crippen molar-refractivity contribution in [2.45, 2.75) is 27.3 Å². The second-order valence-corrected chi connectivity index (χ2v) is 4.50. The van der Waals surface area contributed by atoms with Crippen molar-refractivity contribution in [3.05, 3.63) is 39.5 Å². The van der Waals surface area contributed by atoms with Gasteiger partial charge in [-0.05, 0) is 37.8 Å². The molecule has 0 unspecified atom stereocenters. The average Bonchev–Trinajstić information content (AvgIpc) is 2.70. The van der Waals surface area contributed by atoms with E-state index in [0.717, 1.165) is 18.1 Å². The molecule has 0 spiro atoms. The van der Waals surface area contributed by atoms with E-state index >= 15 is 0 Å². The van der Waals surface area contributed by atoms with Crippen LogP contribution in [0, 0.1) is 20.8 Å². The summed E-state index contributed by atoms with van der Waals surface area (Å²) in [5, 5.41) is 7.70. The maximum Gasteiger partial charge on any atom is 0.106 e. The number of hydrogen-bond donors (Lipinski definition) is 1. The first-order chi connectivity index (χ1) is 7.16. The summed E-state index contributed by atoms with van der Waals surface area (Å²) in [7, 11) is 0. The number of aryl methyl sites for hydroxylation is 3. The van der Waals surface area contributed by atoms with Crippen molar-refractivity contribution in [2.24, 2.45) is 0 Å². The van der Waals surface area contributed by atoms with Crippen LogP contribution in [0.5, 0.6) is 0 Å². The highest BCUT2D eigenvalue weighted by atomic mass is 32.1. The predicted molar refractivity (Wildman–Crippen MR) is 64.6 cm³/mol. The van der Waals surface area contributed by atoms with Crippen LogP contribution < -0.4 is 5.32 Å². The van der Waals surface area contributed by atoms with Crippen LogP contribution in [-0.2, 0) is 6.54 Å². The Kier molecular flexibility index (Phi) is 2.82. The average molecular weight is 221 g/mol. The lowest BCUT2D eigenvalue weighted by atomic mass is 10.2. The summed E-state index contributed by atoms with van der Waals surface area (Å²) in [5.41, 5.74) is 3.76. The van der Waals surface area contributed by atoms with Crippen molar-refractivity contribution in [3.8, 4) is 0 Å². The summed E-state index contributed by atoms with van der Waals surface area (Å²) in [6, 6.07) is 2.09. The van der Waals surface area contributed by atoms with E-state index in [1.165, 1.54) is 16.8 Å². The second-order valence-electron chi connectivity index (χ2n) is 3.76. The third-order valence-electron chi connectivity index (χ3n) is 2.47. The summed E-state index contributed by atoms with van der Waals surface area (Å²) in [5.74, 6) is 1.99. The smallest absolute Gasteiger partial charge is 0.106 e. The Balaban J connectivity index is 2.05. The lowest BCUT2D eigenvalue weighted by Crippen LogP contribution is -1.99. The highest BCUT2D eigenvalue weighted by Crippen LogP contribution is 2.21. The molecule has 0 aromatic carbocycles. The quantitative estimate of drug-likeness (QED) is 0.851. The number of nitrogens with one attached hydrogen (secondary N) is 1. The van der Waals surface area contributed by atoms with Crippen LogP contribution in [0.15, 0.2) is 21.2 Å². The fraction of sp³-hybridized carbons (Fsp3) is 0.333. The Bertz CT molecular complexity index is 456. The van der Waals surface area contributed by atoms with Gasteiger partial charge in [0.05, 0.1) is 0 Å². The Morgan fingerprint density at radius 3 is 2.60 bits per heavy atom. The van der Waals surface area contributed by atoms with Crippen LogP contribution in [0.25, 0.3) is 0 Å². The van der Waals surface area contributed by atoms with Crippen molar-refractivity contribution in [2.75, 3.05) is 5.32 Å². The molecule has 0 aliphatic heterocycles. The summed E-state index contributed by atoms with van der Waals surface area (Å²) < 4.78 is 5.48. The number of thiophene rings is 1. The fourth-order valence-corrected chi connectivity index (χ4v) is 2.40. The first-order valence-corrected chi connectivity index (χ1v) is 5.93. The van der Waals surface area contributed by atoms with Gasteiger partial charge in [0.25, 0.3) is 0 Å². The highest BCUT2D eigenvalue weighted by molar-refractivity contribution is 7.08. The first kappa shape index (κ1) is 10.3. The molecule has 0 radical (unpaired) electrons. The molecule has 0 saturated heterocycles. The van der Waals surface area contributed by atoms with E-state index in [9.17, 15) is 0 Å². The minimum Gasteiger partial charge on any atom is -0.466 e. The van der Waals surface area contributed by atoms with Crippen LogP contribution in [0.2, 0.25) is 0 Å². The van der Waals surface area contributed by atoms with Crippen molar-refractivity contribution >= 4 is 17.0 Å². The number of furan rings is 1. The zero-order chi connectivity index (χ0) is 10.8. The Morgan fingerprint density at radius 1 is 1.27 bits per heavy atom. The van der Waals surface area contributed by atoms with E-state index in [2.05, 4.69) is 29.1 Å². The number of hydrogen-bond acceptors (Lipinski definition) is 3. The standard InChI is InChI=1S/C12H15NOS/c1-8-6-15-7-12(8)13-5-11-4-9(2)14-10(11)3/h4,6-7,13H,5H2,1-3H3. The highest BCUT2D eigenvalue weighted by Gasteiger charge is 2.05. The van der Waals surface area contributed by atoms with E-state index in [-0.39, 0.29) is 0 Å². The van der Waals surface area contributed by atoms with Crippen LogP contribution in [-0.4, -0.2) is 0 Å². The molecule has 0 amide bonds. The van der Waals surface area contributed by atoms with Gasteiger partial charge in [-0.25, -0.2) is 0 Å². The molecular weight excluding hydrogens is 206 g/mol. The van der Waals surface area contributed by atoms with E-state index in [4.69, 9.17) is 4.42 Å². The van der Waals surface area contributed by atoms with Gasteiger partial charge in [-0.3, -0.25) is 0 Å². The first-order valence-electron chi connectivity index (χ1n) is 4.99. The van der Waals surface area contributed by atoms with E-state index in [0.29, 0.717) is 0 Å². The normalized spacial score (nSPS) is 10.6. The van der Waals surface area contributed by atoms with Gasteiger partial charge in [0.15, 0.2) is 0 Å². The Hall–Kier alpha value is -1.22. The van der Waals surface area contributed by atoms with Crippen molar-refractivity contribution < 1.29 is 4.42 Å². The molecule has 0 aliphatic carbocycles. The zero-order valence-corrected chi connectivity index (χ0v) is 10.1. The largest absolute Gasteiger partial charge is 0.466 e. The molecule has 0 fully saturated rings. The molecule has 80 valence electrons. The molecule has 1 N–H and O–H groups in total. The molecule has 2 aromatic rings. The molecule has 0 atom stereocenters. The summed E-state index contributed by atoms with van der Waals surface area (Å²) in [6.07, 6.45) is 0. The van der Waals surface area contributed by atoms with Gasteiger partial charge in [0.2, 0.25) is 0 Å². The van der Waals surface area contributed by atoms with Crippen molar-refractivity contribution in [3.63, 3.8) is 0 Å².